The Morgan fingerprint density at radius 1 is 1.15 bits per heavy atom. The Hall–Kier alpha value is -2.78. The van der Waals surface area contributed by atoms with E-state index in [1.807, 2.05) is 17.5 Å². The van der Waals surface area contributed by atoms with Gasteiger partial charge in [0.15, 0.2) is 0 Å². The number of aromatic nitrogens is 2. The SMILES string of the molecule is CCS(=O)(=O)Nc1ccccc1C(=O)NCc1nc(-c2ccncc2)cs1. The van der Waals surface area contributed by atoms with Crippen LogP contribution in [0.25, 0.3) is 11.3 Å². The van der Waals surface area contributed by atoms with E-state index in [1.165, 1.54) is 18.3 Å². The highest BCUT2D eigenvalue weighted by Crippen LogP contribution is 2.21. The van der Waals surface area contributed by atoms with Gasteiger partial charge in [0, 0.05) is 23.3 Å². The van der Waals surface area contributed by atoms with Gasteiger partial charge in [-0.05, 0) is 31.2 Å². The summed E-state index contributed by atoms with van der Waals surface area (Å²) in [6, 6.07) is 10.2. The molecule has 2 aromatic heterocycles. The molecule has 0 aliphatic rings. The van der Waals surface area contributed by atoms with Crippen LogP contribution in [0, 0.1) is 0 Å². The summed E-state index contributed by atoms with van der Waals surface area (Å²) >= 11 is 1.44. The van der Waals surface area contributed by atoms with Crippen molar-refractivity contribution in [2.24, 2.45) is 0 Å². The maximum absolute atomic E-state index is 12.5. The molecule has 0 radical (unpaired) electrons. The summed E-state index contributed by atoms with van der Waals surface area (Å²) in [5, 5.41) is 5.45. The number of para-hydroxylation sites is 1. The highest BCUT2D eigenvalue weighted by molar-refractivity contribution is 7.92. The molecule has 2 heterocycles. The van der Waals surface area contributed by atoms with Crippen LogP contribution >= 0.6 is 11.3 Å². The molecule has 1 amide bonds. The largest absolute Gasteiger partial charge is 0.345 e. The average Bonchev–Trinajstić information content (AvgIpc) is 3.16. The predicted octanol–water partition coefficient (Wildman–Crippen LogP) is 2.90. The number of hydrogen-bond donors (Lipinski definition) is 2. The smallest absolute Gasteiger partial charge is 0.253 e. The van der Waals surface area contributed by atoms with Crippen LogP contribution < -0.4 is 10.0 Å². The van der Waals surface area contributed by atoms with Gasteiger partial charge in [0.05, 0.1) is 29.2 Å². The zero-order valence-electron chi connectivity index (χ0n) is 14.5. The van der Waals surface area contributed by atoms with Crippen molar-refractivity contribution in [1.82, 2.24) is 15.3 Å². The number of thiazole rings is 1. The molecule has 0 saturated heterocycles. The maximum Gasteiger partial charge on any atom is 0.253 e. The monoisotopic (exact) mass is 402 g/mol. The molecular formula is C18H18N4O3S2. The van der Waals surface area contributed by atoms with Crippen molar-refractivity contribution >= 4 is 33.0 Å². The van der Waals surface area contributed by atoms with Crippen molar-refractivity contribution in [2.45, 2.75) is 13.5 Å². The summed E-state index contributed by atoms with van der Waals surface area (Å²) in [6.07, 6.45) is 3.40. The van der Waals surface area contributed by atoms with Gasteiger partial charge in [0.2, 0.25) is 10.0 Å². The van der Waals surface area contributed by atoms with Crippen LogP contribution in [0.4, 0.5) is 5.69 Å². The molecule has 9 heteroatoms. The molecule has 140 valence electrons. The fourth-order valence-electron chi connectivity index (χ4n) is 2.31. The molecular weight excluding hydrogens is 384 g/mol. The van der Waals surface area contributed by atoms with Crippen LogP contribution in [0.5, 0.6) is 0 Å². The van der Waals surface area contributed by atoms with E-state index in [9.17, 15) is 13.2 Å². The molecule has 2 N–H and O–H groups in total. The van der Waals surface area contributed by atoms with Crippen molar-refractivity contribution in [3.05, 3.63) is 64.7 Å². The molecule has 0 bridgehead atoms. The predicted molar refractivity (Wildman–Crippen MR) is 106 cm³/mol. The van der Waals surface area contributed by atoms with Gasteiger partial charge in [-0.2, -0.15) is 0 Å². The van der Waals surface area contributed by atoms with Crippen LogP contribution in [0.1, 0.15) is 22.3 Å². The van der Waals surface area contributed by atoms with Crippen LogP contribution in [-0.2, 0) is 16.6 Å². The molecule has 0 unspecified atom stereocenters. The zero-order chi connectivity index (χ0) is 19.3. The minimum atomic E-state index is -3.47. The number of rotatable bonds is 7. The Labute approximate surface area is 161 Å². The Morgan fingerprint density at radius 3 is 2.63 bits per heavy atom. The van der Waals surface area contributed by atoms with Crippen LogP contribution in [0.15, 0.2) is 54.2 Å². The average molecular weight is 403 g/mol. The second-order valence-corrected chi connectivity index (χ2v) is 8.55. The molecule has 7 nitrogen and oxygen atoms in total. The molecule has 0 fully saturated rings. The summed E-state index contributed by atoms with van der Waals surface area (Å²) in [6.45, 7) is 1.79. The van der Waals surface area contributed by atoms with E-state index in [-0.39, 0.29) is 29.5 Å². The van der Waals surface area contributed by atoms with Crippen LogP contribution in [0.3, 0.4) is 0 Å². The lowest BCUT2D eigenvalue weighted by Gasteiger charge is -2.11. The number of pyridine rings is 1. The zero-order valence-corrected chi connectivity index (χ0v) is 16.2. The lowest BCUT2D eigenvalue weighted by Crippen LogP contribution is -2.25. The number of carbonyl (C=O) groups excluding carboxylic acids is 1. The summed E-state index contributed by atoms with van der Waals surface area (Å²) in [7, 11) is -3.47. The first-order chi connectivity index (χ1) is 13.0. The van der Waals surface area contributed by atoms with Gasteiger partial charge in [0.1, 0.15) is 5.01 Å². The summed E-state index contributed by atoms with van der Waals surface area (Å²) in [4.78, 5) is 21.0. The number of carbonyl (C=O) groups is 1. The van der Waals surface area contributed by atoms with Crippen LogP contribution in [-0.4, -0.2) is 30.0 Å². The van der Waals surface area contributed by atoms with E-state index >= 15 is 0 Å². The molecule has 0 aliphatic carbocycles. The normalized spacial score (nSPS) is 11.1. The first-order valence-corrected chi connectivity index (χ1v) is 10.7. The van der Waals surface area contributed by atoms with E-state index in [0.717, 1.165) is 16.3 Å². The number of anilines is 1. The standard InChI is InChI=1S/C18H18N4O3S2/c1-2-27(24,25)22-15-6-4-3-5-14(15)18(23)20-11-17-21-16(12-26-17)13-7-9-19-10-8-13/h3-10,12,22H,2,11H2,1H3,(H,20,23). The van der Waals surface area contributed by atoms with Gasteiger partial charge in [-0.15, -0.1) is 11.3 Å². The minimum Gasteiger partial charge on any atom is -0.345 e. The number of hydrogen-bond acceptors (Lipinski definition) is 6. The number of nitrogens with one attached hydrogen (secondary N) is 2. The number of nitrogens with zero attached hydrogens (tertiary/aromatic N) is 2. The minimum absolute atomic E-state index is 0.0696. The number of benzene rings is 1. The molecule has 27 heavy (non-hydrogen) atoms. The van der Waals surface area contributed by atoms with Crippen LogP contribution in [0.2, 0.25) is 0 Å². The Bertz CT molecular complexity index is 1030. The van der Waals surface area contributed by atoms with Gasteiger partial charge >= 0.3 is 0 Å². The van der Waals surface area contributed by atoms with E-state index in [0.29, 0.717) is 0 Å². The fraction of sp³-hybridized carbons (Fsp3) is 0.167. The highest BCUT2D eigenvalue weighted by Gasteiger charge is 2.15. The van der Waals surface area contributed by atoms with Crippen molar-refractivity contribution in [2.75, 3.05) is 10.5 Å². The Balaban J connectivity index is 1.69. The molecule has 0 atom stereocenters. The van der Waals surface area contributed by atoms with Crippen molar-refractivity contribution in [3.63, 3.8) is 0 Å². The van der Waals surface area contributed by atoms with Gasteiger partial charge < -0.3 is 5.32 Å². The lowest BCUT2D eigenvalue weighted by atomic mass is 10.1. The van der Waals surface area contributed by atoms with E-state index < -0.39 is 10.0 Å². The van der Waals surface area contributed by atoms with E-state index in [4.69, 9.17) is 0 Å². The fourth-order valence-corrected chi connectivity index (χ4v) is 3.71. The van der Waals surface area contributed by atoms with E-state index in [1.54, 1.807) is 36.7 Å². The maximum atomic E-state index is 12.5. The number of amides is 1. The van der Waals surface area contributed by atoms with Gasteiger partial charge in [-0.3, -0.25) is 14.5 Å². The lowest BCUT2D eigenvalue weighted by molar-refractivity contribution is 0.0952. The molecule has 0 aliphatic heterocycles. The third kappa shape index (κ3) is 4.89. The first-order valence-electron chi connectivity index (χ1n) is 8.21. The molecule has 3 aromatic rings. The summed E-state index contributed by atoms with van der Waals surface area (Å²) in [5.74, 6) is -0.440. The second kappa shape index (κ2) is 8.28. The molecule has 0 saturated carbocycles. The Morgan fingerprint density at radius 2 is 1.89 bits per heavy atom. The van der Waals surface area contributed by atoms with Gasteiger partial charge in [-0.1, -0.05) is 12.1 Å². The number of sulfonamides is 1. The van der Waals surface area contributed by atoms with Crippen molar-refractivity contribution in [3.8, 4) is 11.3 Å². The van der Waals surface area contributed by atoms with Gasteiger partial charge in [-0.25, -0.2) is 13.4 Å². The van der Waals surface area contributed by atoms with Crippen molar-refractivity contribution in [1.29, 1.82) is 0 Å². The summed E-state index contributed by atoms with van der Waals surface area (Å²) in [5.41, 5.74) is 2.30. The Kier molecular flexibility index (Phi) is 5.82. The topological polar surface area (TPSA) is 101 Å². The van der Waals surface area contributed by atoms with Gasteiger partial charge in [0.25, 0.3) is 5.91 Å². The molecule has 1 aromatic carbocycles. The first kappa shape index (κ1) is 19.0. The molecule has 3 rings (SSSR count). The quantitative estimate of drug-likeness (QED) is 0.633. The van der Waals surface area contributed by atoms with E-state index in [2.05, 4.69) is 20.0 Å². The summed E-state index contributed by atoms with van der Waals surface area (Å²) < 4.78 is 26.0. The third-order valence-corrected chi connectivity index (χ3v) is 5.89. The second-order valence-electron chi connectivity index (χ2n) is 5.60. The molecule has 0 spiro atoms. The van der Waals surface area contributed by atoms with Crippen molar-refractivity contribution < 1.29 is 13.2 Å². The third-order valence-electron chi connectivity index (χ3n) is 3.75. The highest BCUT2D eigenvalue weighted by atomic mass is 32.2.